The van der Waals surface area contributed by atoms with Gasteiger partial charge in [0.15, 0.2) is 0 Å². The van der Waals surface area contributed by atoms with Crippen molar-refractivity contribution in [1.82, 2.24) is 13.9 Å². The molecule has 0 saturated carbocycles. The van der Waals surface area contributed by atoms with Crippen LogP contribution in [0.1, 0.15) is 11.4 Å². The van der Waals surface area contributed by atoms with Crippen LogP contribution in [0.5, 0.6) is 0 Å². The molecule has 0 atom stereocenters. The van der Waals surface area contributed by atoms with Gasteiger partial charge in [0.05, 0.1) is 18.0 Å². The number of imidazole rings is 1. The third kappa shape index (κ3) is 3.26. The number of hydrogen-bond acceptors (Lipinski definition) is 4. The molecule has 1 aromatic heterocycles. The number of aromatic nitrogens is 2. The Labute approximate surface area is 128 Å². The molecule has 1 heterocycles. The summed E-state index contributed by atoms with van der Waals surface area (Å²) in [4.78, 5) is 4.19. The number of halogens is 1. The molecule has 0 amide bonds. The smallest absolute Gasteiger partial charge is 0.243 e. The third-order valence-electron chi connectivity index (χ3n) is 3.19. The van der Waals surface area contributed by atoms with Gasteiger partial charge in [-0.25, -0.2) is 13.4 Å². The Morgan fingerprint density at radius 3 is 2.67 bits per heavy atom. The highest BCUT2D eigenvalue weighted by Gasteiger charge is 2.22. The highest BCUT2D eigenvalue weighted by molar-refractivity contribution is 7.89. The Morgan fingerprint density at radius 2 is 2.14 bits per heavy atom. The number of sulfonamides is 1. The molecule has 0 saturated heterocycles. The van der Waals surface area contributed by atoms with Crippen LogP contribution < -0.4 is 0 Å². The van der Waals surface area contributed by atoms with Crippen molar-refractivity contribution in [3.8, 4) is 0 Å². The van der Waals surface area contributed by atoms with Gasteiger partial charge in [0, 0.05) is 31.5 Å². The van der Waals surface area contributed by atoms with Gasteiger partial charge >= 0.3 is 0 Å². The number of aryl methyl sites for hydroxylation is 1. The number of aliphatic hydroxyl groups is 1. The van der Waals surface area contributed by atoms with E-state index < -0.39 is 10.0 Å². The fourth-order valence-electron chi connectivity index (χ4n) is 1.83. The third-order valence-corrected chi connectivity index (χ3v) is 5.34. The van der Waals surface area contributed by atoms with Crippen LogP contribution in [0.4, 0.5) is 0 Å². The maximum atomic E-state index is 12.5. The molecule has 1 N–H and O–H groups in total. The number of rotatable bonds is 5. The standard InChI is InChI=1S/C13H16ClN3O3S/c1-16-6-5-15-13(16)8-17(2)21(19,20)11-4-3-10(9-18)12(14)7-11/h3-7,18H,8-9H2,1-2H3. The summed E-state index contributed by atoms with van der Waals surface area (Å²) in [6.07, 6.45) is 3.37. The van der Waals surface area contributed by atoms with Crippen molar-refractivity contribution in [1.29, 1.82) is 0 Å². The number of aliphatic hydroxyl groups excluding tert-OH is 1. The first-order valence-electron chi connectivity index (χ1n) is 6.18. The van der Waals surface area contributed by atoms with Crippen LogP contribution in [0.3, 0.4) is 0 Å². The number of hydrogen-bond donors (Lipinski definition) is 1. The van der Waals surface area contributed by atoms with Crippen LogP contribution >= 0.6 is 11.6 Å². The lowest BCUT2D eigenvalue weighted by molar-refractivity contribution is 0.282. The lowest BCUT2D eigenvalue weighted by atomic mass is 10.2. The molecule has 1 aromatic carbocycles. The van der Waals surface area contributed by atoms with Gasteiger partial charge in [-0.1, -0.05) is 17.7 Å². The average Bonchev–Trinajstić information content (AvgIpc) is 2.84. The molecule has 114 valence electrons. The van der Waals surface area contributed by atoms with Crippen molar-refractivity contribution in [2.75, 3.05) is 7.05 Å². The van der Waals surface area contributed by atoms with Gasteiger partial charge in [0.2, 0.25) is 10.0 Å². The lowest BCUT2D eigenvalue weighted by Crippen LogP contribution is -2.27. The van der Waals surface area contributed by atoms with Gasteiger partial charge in [-0.15, -0.1) is 0 Å². The van der Waals surface area contributed by atoms with E-state index in [9.17, 15) is 8.42 Å². The molecule has 2 rings (SSSR count). The zero-order valence-corrected chi connectivity index (χ0v) is 13.3. The SMILES string of the molecule is CN(Cc1nccn1C)S(=O)(=O)c1ccc(CO)c(Cl)c1. The van der Waals surface area contributed by atoms with Crippen molar-refractivity contribution in [2.45, 2.75) is 18.0 Å². The van der Waals surface area contributed by atoms with Crippen molar-refractivity contribution < 1.29 is 13.5 Å². The van der Waals surface area contributed by atoms with Gasteiger partial charge in [0.25, 0.3) is 0 Å². The zero-order valence-electron chi connectivity index (χ0n) is 11.7. The van der Waals surface area contributed by atoms with Gasteiger partial charge in [-0.2, -0.15) is 4.31 Å². The molecular formula is C13H16ClN3O3S. The second-order valence-corrected chi connectivity index (χ2v) is 7.08. The largest absolute Gasteiger partial charge is 0.392 e. The Balaban J connectivity index is 2.29. The molecule has 0 spiro atoms. The van der Waals surface area contributed by atoms with Crippen LogP contribution in [-0.2, 0) is 30.2 Å². The van der Waals surface area contributed by atoms with Crippen LogP contribution in [0.15, 0.2) is 35.5 Å². The zero-order chi connectivity index (χ0) is 15.6. The molecule has 0 unspecified atom stereocenters. The first-order valence-corrected chi connectivity index (χ1v) is 8.00. The molecular weight excluding hydrogens is 314 g/mol. The van der Waals surface area contributed by atoms with E-state index >= 15 is 0 Å². The van der Waals surface area contributed by atoms with Crippen LogP contribution in [0.2, 0.25) is 5.02 Å². The van der Waals surface area contributed by atoms with Gasteiger partial charge < -0.3 is 9.67 Å². The molecule has 0 bridgehead atoms. The first kappa shape index (κ1) is 16.0. The molecule has 0 fully saturated rings. The van der Waals surface area contributed by atoms with E-state index in [0.717, 1.165) is 0 Å². The quantitative estimate of drug-likeness (QED) is 0.899. The van der Waals surface area contributed by atoms with Crippen molar-refractivity contribution >= 4 is 21.6 Å². The van der Waals surface area contributed by atoms with E-state index in [-0.39, 0.29) is 23.1 Å². The fourth-order valence-corrected chi connectivity index (χ4v) is 3.29. The molecule has 0 aliphatic heterocycles. The Kier molecular flexibility index (Phi) is 4.67. The second-order valence-electron chi connectivity index (χ2n) is 4.63. The maximum Gasteiger partial charge on any atom is 0.243 e. The predicted molar refractivity (Wildman–Crippen MR) is 79.2 cm³/mol. The summed E-state index contributed by atoms with van der Waals surface area (Å²) in [5.41, 5.74) is 0.488. The van der Waals surface area contributed by atoms with Crippen LogP contribution in [0.25, 0.3) is 0 Å². The molecule has 0 aliphatic rings. The summed E-state index contributed by atoms with van der Waals surface area (Å²) < 4.78 is 27.9. The van der Waals surface area contributed by atoms with Crippen LogP contribution in [0, 0.1) is 0 Å². The van der Waals surface area contributed by atoms with Gasteiger partial charge in [-0.05, 0) is 17.7 Å². The van der Waals surface area contributed by atoms with Gasteiger partial charge in [0.1, 0.15) is 5.82 Å². The van der Waals surface area contributed by atoms with E-state index in [4.69, 9.17) is 16.7 Å². The summed E-state index contributed by atoms with van der Waals surface area (Å²) >= 11 is 5.95. The molecule has 21 heavy (non-hydrogen) atoms. The van der Waals surface area contributed by atoms with Crippen LogP contribution in [-0.4, -0.2) is 34.4 Å². The highest BCUT2D eigenvalue weighted by atomic mass is 35.5. The molecule has 0 aliphatic carbocycles. The summed E-state index contributed by atoms with van der Waals surface area (Å²) in [7, 11) is -0.380. The minimum atomic E-state index is -3.67. The van der Waals surface area contributed by atoms with Gasteiger partial charge in [-0.3, -0.25) is 0 Å². The van der Waals surface area contributed by atoms with Crippen molar-refractivity contribution in [3.05, 3.63) is 47.0 Å². The monoisotopic (exact) mass is 329 g/mol. The number of nitrogens with zero attached hydrogens (tertiary/aromatic N) is 3. The lowest BCUT2D eigenvalue weighted by Gasteiger charge is -2.17. The van der Waals surface area contributed by atoms with Crippen molar-refractivity contribution in [3.63, 3.8) is 0 Å². The van der Waals surface area contributed by atoms with E-state index in [1.54, 1.807) is 24.0 Å². The summed E-state index contributed by atoms with van der Waals surface area (Å²) in [6, 6.07) is 4.28. The maximum absolute atomic E-state index is 12.5. The Bertz CT molecular complexity index is 743. The van der Waals surface area contributed by atoms with E-state index in [1.165, 1.54) is 29.6 Å². The predicted octanol–water partition coefficient (Wildman–Crippen LogP) is 1.39. The Hall–Kier alpha value is -1.41. The fraction of sp³-hybridized carbons (Fsp3) is 0.308. The number of benzene rings is 1. The topological polar surface area (TPSA) is 75.4 Å². The summed E-state index contributed by atoms with van der Waals surface area (Å²) in [5.74, 6) is 0.638. The minimum absolute atomic E-state index is 0.0846. The average molecular weight is 330 g/mol. The molecule has 0 radical (unpaired) electrons. The van der Waals surface area contributed by atoms with Crippen molar-refractivity contribution in [2.24, 2.45) is 7.05 Å². The normalized spacial score (nSPS) is 12.0. The molecule has 8 heteroatoms. The highest BCUT2D eigenvalue weighted by Crippen LogP contribution is 2.23. The molecule has 2 aromatic rings. The molecule has 6 nitrogen and oxygen atoms in total. The van der Waals surface area contributed by atoms with E-state index in [1.807, 2.05) is 0 Å². The Morgan fingerprint density at radius 1 is 1.43 bits per heavy atom. The van der Waals surface area contributed by atoms with E-state index in [2.05, 4.69) is 4.98 Å². The second kappa shape index (κ2) is 6.15. The summed E-state index contributed by atoms with van der Waals surface area (Å²) in [5, 5.41) is 9.29. The van der Waals surface area contributed by atoms with E-state index in [0.29, 0.717) is 11.4 Å². The first-order chi connectivity index (χ1) is 9.86. The minimum Gasteiger partial charge on any atom is -0.392 e. The summed E-state index contributed by atoms with van der Waals surface area (Å²) in [6.45, 7) is -0.0759.